The lowest BCUT2D eigenvalue weighted by Gasteiger charge is -2.14. The number of halogens is 1. The van der Waals surface area contributed by atoms with Gasteiger partial charge in [0.15, 0.2) is 5.96 Å². The molecule has 1 aromatic rings. The molecular weight excluding hydrogens is 393 g/mol. The summed E-state index contributed by atoms with van der Waals surface area (Å²) < 4.78 is 5.63. The van der Waals surface area contributed by atoms with Crippen LogP contribution in [0.3, 0.4) is 0 Å². The van der Waals surface area contributed by atoms with Crippen LogP contribution in [0.15, 0.2) is 35.3 Å². The topological polar surface area (TPSA) is 65.9 Å². The van der Waals surface area contributed by atoms with Crippen molar-refractivity contribution >= 4 is 29.9 Å². The molecule has 1 saturated carbocycles. The molecule has 0 aliphatic heterocycles. The molecule has 0 unspecified atom stereocenters. The molecule has 0 amide bonds. The number of hydrogen-bond acceptors (Lipinski definition) is 3. The fraction of sp³-hybridized carbons (Fsp3) is 0.562. The predicted octanol–water partition coefficient (Wildman–Crippen LogP) is 2.01. The zero-order valence-corrected chi connectivity index (χ0v) is 15.4. The van der Waals surface area contributed by atoms with E-state index in [0.29, 0.717) is 19.7 Å². The lowest BCUT2D eigenvalue weighted by atomic mass is 10.1. The van der Waals surface area contributed by atoms with Crippen LogP contribution in [0, 0.1) is 5.41 Å². The Balaban J connectivity index is 0.00000242. The standard InChI is InChI=1S/C16H25N3O2.HI/c1-2-17-15(19-12-16(13-20)8-9-16)18-10-11-21-14-6-4-3-5-7-14;/h3-7,20H,2,8-13H2,1H3,(H2,17,18,19);1H. The molecule has 1 aliphatic carbocycles. The molecule has 0 radical (unpaired) electrons. The van der Waals surface area contributed by atoms with E-state index < -0.39 is 0 Å². The maximum absolute atomic E-state index is 9.31. The van der Waals surface area contributed by atoms with E-state index in [1.807, 2.05) is 37.3 Å². The Kier molecular flexibility index (Phi) is 8.55. The van der Waals surface area contributed by atoms with Crippen LogP contribution in [-0.2, 0) is 0 Å². The summed E-state index contributed by atoms with van der Waals surface area (Å²) in [6, 6.07) is 9.77. The molecule has 1 fully saturated rings. The maximum Gasteiger partial charge on any atom is 0.191 e. The summed E-state index contributed by atoms with van der Waals surface area (Å²) in [7, 11) is 0. The molecule has 0 atom stereocenters. The van der Waals surface area contributed by atoms with E-state index in [1.54, 1.807) is 0 Å². The first-order valence-corrected chi connectivity index (χ1v) is 7.59. The lowest BCUT2D eigenvalue weighted by Crippen LogP contribution is -2.39. The van der Waals surface area contributed by atoms with Gasteiger partial charge in [-0.3, -0.25) is 4.99 Å². The van der Waals surface area contributed by atoms with Gasteiger partial charge in [0, 0.05) is 12.0 Å². The zero-order chi connectivity index (χ0) is 15.0. The van der Waals surface area contributed by atoms with Gasteiger partial charge in [-0.1, -0.05) is 18.2 Å². The van der Waals surface area contributed by atoms with E-state index in [0.717, 1.165) is 31.1 Å². The second-order valence-corrected chi connectivity index (χ2v) is 5.44. The summed E-state index contributed by atoms with van der Waals surface area (Å²) in [6.07, 6.45) is 2.15. The SMILES string of the molecule is CCNC(=NCC1(CO)CC1)NCCOc1ccccc1.I. The van der Waals surface area contributed by atoms with Crippen molar-refractivity contribution in [1.29, 1.82) is 0 Å². The Morgan fingerprint density at radius 1 is 1.27 bits per heavy atom. The van der Waals surface area contributed by atoms with E-state index in [4.69, 9.17) is 4.74 Å². The summed E-state index contributed by atoms with van der Waals surface area (Å²) in [5, 5.41) is 15.8. The number of ether oxygens (including phenoxy) is 1. The van der Waals surface area contributed by atoms with Crippen molar-refractivity contribution in [3.8, 4) is 5.75 Å². The average molecular weight is 419 g/mol. The number of hydrogen-bond donors (Lipinski definition) is 3. The predicted molar refractivity (Wildman–Crippen MR) is 100 cm³/mol. The number of rotatable bonds is 8. The van der Waals surface area contributed by atoms with E-state index in [-0.39, 0.29) is 36.0 Å². The Morgan fingerprint density at radius 2 is 2.00 bits per heavy atom. The summed E-state index contributed by atoms with van der Waals surface area (Å²) >= 11 is 0. The first kappa shape index (κ1) is 19.0. The van der Waals surface area contributed by atoms with Crippen LogP contribution in [-0.4, -0.2) is 43.9 Å². The van der Waals surface area contributed by atoms with Gasteiger partial charge in [0.1, 0.15) is 12.4 Å². The number of guanidine groups is 1. The Hall–Kier alpha value is -1.02. The van der Waals surface area contributed by atoms with Gasteiger partial charge in [-0.2, -0.15) is 0 Å². The normalized spacial score (nSPS) is 15.6. The van der Waals surface area contributed by atoms with Crippen molar-refractivity contribution in [1.82, 2.24) is 10.6 Å². The van der Waals surface area contributed by atoms with Crippen LogP contribution in [0.5, 0.6) is 5.75 Å². The van der Waals surface area contributed by atoms with Gasteiger partial charge >= 0.3 is 0 Å². The number of para-hydroxylation sites is 1. The minimum Gasteiger partial charge on any atom is -0.492 e. The van der Waals surface area contributed by atoms with Crippen LogP contribution in [0.4, 0.5) is 0 Å². The Labute approximate surface area is 149 Å². The number of aliphatic imine (C=N–C) groups is 1. The van der Waals surface area contributed by atoms with Crippen LogP contribution in [0.2, 0.25) is 0 Å². The monoisotopic (exact) mass is 419 g/mol. The minimum atomic E-state index is 0. The third-order valence-corrected chi connectivity index (χ3v) is 3.62. The first-order chi connectivity index (χ1) is 10.3. The van der Waals surface area contributed by atoms with Crippen LogP contribution in [0.25, 0.3) is 0 Å². The summed E-state index contributed by atoms with van der Waals surface area (Å²) in [6.45, 7) is 5.03. The van der Waals surface area contributed by atoms with Crippen molar-refractivity contribution in [3.05, 3.63) is 30.3 Å². The molecule has 0 spiro atoms. The molecule has 22 heavy (non-hydrogen) atoms. The quantitative estimate of drug-likeness (QED) is 0.261. The van der Waals surface area contributed by atoms with Gasteiger partial charge in [-0.15, -0.1) is 24.0 Å². The number of nitrogens with one attached hydrogen (secondary N) is 2. The van der Waals surface area contributed by atoms with Crippen LogP contribution in [0.1, 0.15) is 19.8 Å². The summed E-state index contributed by atoms with van der Waals surface area (Å²) in [5.41, 5.74) is 0.0445. The van der Waals surface area contributed by atoms with Crippen LogP contribution < -0.4 is 15.4 Å². The van der Waals surface area contributed by atoms with E-state index in [9.17, 15) is 5.11 Å². The lowest BCUT2D eigenvalue weighted by molar-refractivity contribution is 0.216. The van der Waals surface area contributed by atoms with Crippen molar-refractivity contribution in [2.45, 2.75) is 19.8 Å². The molecule has 6 heteroatoms. The Morgan fingerprint density at radius 3 is 2.59 bits per heavy atom. The number of aliphatic hydroxyl groups excluding tert-OH is 1. The number of benzene rings is 1. The largest absolute Gasteiger partial charge is 0.492 e. The molecule has 0 heterocycles. The van der Waals surface area contributed by atoms with Gasteiger partial charge < -0.3 is 20.5 Å². The second kappa shape index (κ2) is 9.89. The summed E-state index contributed by atoms with van der Waals surface area (Å²) in [4.78, 5) is 4.54. The van der Waals surface area contributed by atoms with Crippen LogP contribution >= 0.6 is 24.0 Å². The van der Waals surface area contributed by atoms with E-state index >= 15 is 0 Å². The minimum absolute atomic E-state index is 0. The molecule has 3 N–H and O–H groups in total. The number of nitrogens with zero attached hydrogens (tertiary/aromatic N) is 1. The molecule has 1 aliphatic rings. The number of aliphatic hydroxyl groups is 1. The van der Waals surface area contributed by atoms with E-state index in [2.05, 4.69) is 15.6 Å². The Bertz CT molecular complexity index is 450. The smallest absolute Gasteiger partial charge is 0.191 e. The van der Waals surface area contributed by atoms with Gasteiger partial charge in [0.05, 0.1) is 19.7 Å². The van der Waals surface area contributed by atoms with Crippen molar-refractivity contribution in [2.24, 2.45) is 10.4 Å². The highest BCUT2D eigenvalue weighted by atomic mass is 127. The molecule has 1 aromatic carbocycles. The third-order valence-electron chi connectivity index (χ3n) is 3.62. The van der Waals surface area contributed by atoms with Gasteiger partial charge in [-0.25, -0.2) is 0 Å². The third kappa shape index (κ3) is 6.39. The van der Waals surface area contributed by atoms with Crippen molar-refractivity contribution in [2.75, 3.05) is 32.8 Å². The molecule has 0 saturated heterocycles. The van der Waals surface area contributed by atoms with Gasteiger partial charge in [0.25, 0.3) is 0 Å². The highest BCUT2D eigenvalue weighted by Crippen LogP contribution is 2.45. The zero-order valence-electron chi connectivity index (χ0n) is 13.0. The summed E-state index contributed by atoms with van der Waals surface area (Å²) in [5.74, 6) is 1.66. The molecule has 2 rings (SSSR count). The molecular formula is C16H26IN3O2. The van der Waals surface area contributed by atoms with Crippen molar-refractivity contribution in [3.63, 3.8) is 0 Å². The van der Waals surface area contributed by atoms with Gasteiger partial charge in [0.2, 0.25) is 0 Å². The average Bonchev–Trinajstić information content (AvgIpc) is 3.31. The maximum atomic E-state index is 9.31. The highest BCUT2D eigenvalue weighted by Gasteiger charge is 2.41. The fourth-order valence-corrected chi connectivity index (χ4v) is 1.99. The second-order valence-electron chi connectivity index (χ2n) is 5.44. The molecule has 0 bridgehead atoms. The van der Waals surface area contributed by atoms with E-state index in [1.165, 1.54) is 0 Å². The van der Waals surface area contributed by atoms with Crippen molar-refractivity contribution < 1.29 is 9.84 Å². The fourth-order valence-electron chi connectivity index (χ4n) is 1.99. The molecule has 0 aromatic heterocycles. The molecule has 5 nitrogen and oxygen atoms in total. The van der Waals surface area contributed by atoms with Gasteiger partial charge in [-0.05, 0) is 31.9 Å². The molecule has 124 valence electrons. The highest BCUT2D eigenvalue weighted by molar-refractivity contribution is 14.0. The first-order valence-electron chi connectivity index (χ1n) is 7.59.